The molecule has 0 amide bonds. The minimum atomic E-state index is -0.933. The molecule has 33 heavy (non-hydrogen) atoms. The summed E-state index contributed by atoms with van der Waals surface area (Å²) in [5, 5.41) is 19.8. The lowest BCUT2D eigenvalue weighted by molar-refractivity contribution is -0.0913. The highest BCUT2D eigenvalue weighted by atomic mass is 16.6. The lowest BCUT2D eigenvalue weighted by Gasteiger charge is -2.26. The molecule has 1 aliphatic heterocycles. The Kier molecular flexibility index (Phi) is 6.27. The van der Waals surface area contributed by atoms with Crippen LogP contribution in [0.1, 0.15) is 40.2 Å². The van der Waals surface area contributed by atoms with Crippen LogP contribution in [0.5, 0.6) is 0 Å². The molecule has 2 aliphatic rings. The second-order valence-electron chi connectivity index (χ2n) is 9.01. The summed E-state index contributed by atoms with van der Waals surface area (Å²) in [5.74, 6) is -0.546. The molecule has 3 aromatic rings. The minimum Gasteiger partial charge on any atom is -0.478 e. The van der Waals surface area contributed by atoms with Crippen LogP contribution in [-0.2, 0) is 16.1 Å². The van der Waals surface area contributed by atoms with Gasteiger partial charge in [0.15, 0.2) is 6.29 Å². The number of benzene rings is 3. The zero-order valence-electron chi connectivity index (χ0n) is 18.3. The molecule has 2 N–H and O–H groups in total. The number of hydrogen-bond acceptors (Lipinski definition) is 4. The number of hydrogen-bond donors (Lipinski definition) is 2. The van der Waals surface area contributed by atoms with Gasteiger partial charge >= 0.3 is 5.97 Å². The number of carboxylic acid groups (broad SMARTS) is 1. The highest BCUT2D eigenvalue weighted by molar-refractivity contribution is 5.89. The maximum Gasteiger partial charge on any atom is 0.335 e. The summed E-state index contributed by atoms with van der Waals surface area (Å²) < 4.78 is 12.0. The van der Waals surface area contributed by atoms with Crippen LogP contribution in [0.25, 0.3) is 11.1 Å². The third kappa shape index (κ3) is 4.58. The summed E-state index contributed by atoms with van der Waals surface area (Å²) in [6, 6.07) is 25.5. The molecule has 1 saturated carbocycles. The van der Waals surface area contributed by atoms with Crippen molar-refractivity contribution in [2.45, 2.75) is 37.8 Å². The van der Waals surface area contributed by atoms with Gasteiger partial charge in [-0.05, 0) is 58.6 Å². The SMILES string of the molecule is O=C(O)c1ccc(-c2ccccc2)c([C@@H]2C[C@@H]3OC(O)C[C@@H]3[C@H]2COCc2ccccc2)c1. The van der Waals surface area contributed by atoms with Crippen molar-refractivity contribution in [1.29, 1.82) is 0 Å². The number of carboxylic acids is 1. The monoisotopic (exact) mass is 444 g/mol. The van der Waals surface area contributed by atoms with Crippen molar-refractivity contribution in [2.24, 2.45) is 11.8 Å². The summed E-state index contributed by atoms with van der Waals surface area (Å²) >= 11 is 0. The van der Waals surface area contributed by atoms with Crippen LogP contribution >= 0.6 is 0 Å². The van der Waals surface area contributed by atoms with Gasteiger partial charge in [-0.15, -0.1) is 0 Å². The lowest BCUT2D eigenvalue weighted by atomic mass is 9.80. The number of ether oxygens (including phenoxy) is 2. The third-order valence-corrected chi connectivity index (χ3v) is 7.04. The predicted octanol–water partition coefficient (Wildman–Crippen LogP) is 5.10. The molecule has 0 spiro atoms. The van der Waals surface area contributed by atoms with Crippen molar-refractivity contribution < 1.29 is 24.5 Å². The van der Waals surface area contributed by atoms with Crippen molar-refractivity contribution >= 4 is 5.97 Å². The van der Waals surface area contributed by atoms with Gasteiger partial charge in [0.1, 0.15) is 0 Å². The number of fused-ring (bicyclic) bond motifs is 1. The van der Waals surface area contributed by atoms with Gasteiger partial charge in [0.25, 0.3) is 0 Å². The molecule has 0 bridgehead atoms. The predicted molar refractivity (Wildman–Crippen MR) is 125 cm³/mol. The molecular weight excluding hydrogens is 416 g/mol. The Morgan fingerprint density at radius 2 is 1.70 bits per heavy atom. The van der Waals surface area contributed by atoms with E-state index in [0.717, 1.165) is 28.7 Å². The summed E-state index contributed by atoms with van der Waals surface area (Å²) in [6.45, 7) is 1.05. The molecular formula is C28H28O5. The molecule has 5 atom stereocenters. The minimum absolute atomic E-state index is 0.0487. The van der Waals surface area contributed by atoms with Crippen LogP contribution in [0.15, 0.2) is 78.9 Å². The van der Waals surface area contributed by atoms with E-state index in [2.05, 4.69) is 12.1 Å². The van der Waals surface area contributed by atoms with E-state index in [-0.39, 0.29) is 29.4 Å². The van der Waals surface area contributed by atoms with Crippen molar-refractivity contribution in [3.8, 4) is 11.1 Å². The molecule has 0 aromatic heterocycles. The van der Waals surface area contributed by atoms with E-state index in [0.29, 0.717) is 19.6 Å². The number of aliphatic hydroxyl groups is 1. The number of aromatic carboxylic acids is 1. The van der Waals surface area contributed by atoms with Gasteiger partial charge in [0.2, 0.25) is 0 Å². The molecule has 3 aromatic carbocycles. The maximum atomic E-state index is 11.8. The number of aliphatic hydroxyl groups excluding tert-OH is 1. The van der Waals surface area contributed by atoms with Gasteiger partial charge < -0.3 is 19.7 Å². The fourth-order valence-electron chi connectivity index (χ4n) is 5.51. The summed E-state index contributed by atoms with van der Waals surface area (Å²) in [4.78, 5) is 11.8. The standard InChI is InChI=1S/C28H28O5/c29-27-15-24-25(17-32-16-18-7-3-1-4-8-18)23(14-26(24)33-27)22-13-20(28(30)31)11-12-21(22)19-9-5-2-6-10-19/h1-13,23-27,29H,14-17H2,(H,30,31)/t23-,24+,25-,26-,27?/m0/s1. The van der Waals surface area contributed by atoms with E-state index in [1.54, 1.807) is 6.07 Å². The molecule has 0 radical (unpaired) electrons. The molecule has 5 rings (SSSR count). The van der Waals surface area contributed by atoms with Crippen LogP contribution in [-0.4, -0.2) is 35.2 Å². The maximum absolute atomic E-state index is 11.8. The van der Waals surface area contributed by atoms with Crippen molar-refractivity contribution in [2.75, 3.05) is 6.61 Å². The Hall–Kier alpha value is -2.99. The number of rotatable bonds is 7. The zero-order chi connectivity index (χ0) is 22.8. The Morgan fingerprint density at radius 3 is 2.42 bits per heavy atom. The third-order valence-electron chi connectivity index (χ3n) is 7.04. The van der Waals surface area contributed by atoms with Crippen LogP contribution in [0.3, 0.4) is 0 Å². The van der Waals surface area contributed by atoms with Gasteiger partial charge in [0, 0.05) is 6.42 Å². The Morgan fingerprint density at radius 1 is 0.970 bits per heavy atom. The zero-order valence-corrected chi connectivity index (χ0v) is 18.3. The van der Waals surface area contributed by atoms with Crippen LogP contribution < -0.4 is 0 Å². The molecule has 1 saturated heterocycles. The summed E-state index contributed by atoms with van der Waals surface area (Å²) in [6.07, 6.45) is 0.535. The lowest BCUT2D eigenvalue weighted by Crippen LogP contribution is -2.22. The van der Waals surface area contributed by atoms with Crippen LogP contribution in [0.2, 0.25) is 0 Å². The van der Waals surface area contributed by atoms with E-state index < -0.39 is 12.3 Å². The summed E-state index contributed by atoms with van der Waals surface area (Å²) in [7, 11) is 0. The van der Waals surface area contributed by atoms with Crippen molar-refractivity contribution in [1.82, 2.24) is 0 Å². The quantitative estimate of drug-likeness (QED) is 0.531. The molecule has 1 aliphatic carbocycles. The number of carbonyl (C=O) groups is 1. The molecule has 170 valence electrons. The van der Waals surface area contributed by atoms with Crippen LogP contribution in [0, 0.1) is 11.8 Å². The average Bonchev–Trinajstić information content (AvgIpc) is 3.36. The molecule has 1 heterocycles. The van der Waals surface area contributed by atoms with Gasteiger partial charge in [-0.1, -0.05) is 66.7 Å². The molecule has 2 fully saturated rings. The van der Waals surface area contributed by atoms with Gasteiger partial charge in [-0.2, -0.15) is 0 Å². The van der Waals surface area contributed by atoms with Crippen molar-refractivity contribution in [3.05, 3.63) is 95.6 Å². The highest BCUT2D eigenvalue weighted by Crippen LogP contribution is 2.52. The fraction of sp³-hybridized carbons (Fsp3) is 0.321. The Bertz CT molecular complexity index is 1100. The van der Waals surface area contributed by atoms with E-state index in [4.69, 9.17) is 9.47 Å². The largest absolute Gasteiger partial charge is 0.478 e. The van der Waals surface area contributed by atoms with Crippen LogP contribution in [0.4, 0.5) is 0 Å². The first-order chi connectivity index (χ1) is 16.1. The van der Waals surface area contributed by atoms with E-state index in [1.807, 2.05) is 60.7 Å². The summed E-state index contributed by atoms with van der Waals surface area (Å²) in [5.41, 5.74) is 4.52. The second kappa shape index (κ2) is 9.48. The average molecular weight is 445 g/mol. The normalized spacial score (nSPS) is 26.3. The molecule has 1 unspecified atom stereocenters. The van der Waals surface area contributed by atoms with Crippen molar-refractivity contribution in [3.63, 3.8) is 0 Å². The fourth-order valence-corrected chi connectivity index (χ4v) is 5.51. The smallest absolute Gasteiger partial charge is 0.335 e. The van der Waals surface area contributed by atoms with E-state index in [1.165, 1.54) is 0 Å². The van der Waals surface area contributed by atoms with Gasteiger partial charge in [0.05, 0.1) is 24.9 Å². The van der Waals surface area contributed by atoms with E-state index >= 15 is 0 Å². The van der Waals surface area contributed by atoms with Gasteiger partial charge in [-0.25, -0.2) is 4.79 Å². The Labute approximate surface area is 193 Å². The van der Waals surface area contributed by atoms with E-state index in [9.17, 15) is 15.0 Å². The second-order valence-corrected chi connectivity index (χ2v) is 9.01. The first-order valence-electron chi connectivity index (χ1n) is 11.5. The highest BCUT2D eigenvalue weighted by Gasteiger charge is 2.50. The van der Waals surface area contributed by atoms with Gasteiger partial charge in [-0.3, -0.25) is 0 Å². The molecule has 5 nitrogen and oxygen atoms in total. The molecule has 5 heteroatoms. The first kappa shape index (κ1) is 21.8. The topological polar surface area (TPSA) is 76.0 Å². The Balaban J connectivity index is 1.48. The first-order valence-corrected chi connectivity index (χ1v) is 11.5.